The van der Waals surface area contributed by atoms with E-state index >= 15 is 0 Å². The van der Waals surface area contributed by atoms with Crippen molar-refractivity contribution in [2.45, 2.75) is 45.3 Å². The van der Waals surface area contributed by atoms with Crippen molar-refractivity contribution in [1.82, 2.24) is 15.2 Å². The third-order valence-electron chi connectivity index (χ3n) is 4.46. The predicted octanol–water partition coefficient (Wildman–Crippen LogP) is 2.54. The van der Waals surface area contributed by atoms with Crippen molar-refractivity contribution in [1.29, 1.82) is 0 Å². The number of nitrogens with zero attached hydrogens (tertiary/aromatic N) is 2. The molecule has 2 rings (SSSR count). The molecule has 1 heterocycles. The van der Waals surface area contributed by atoms with Gasteiger partial charge in [-0.25, -0.2) is 0 Å². The van der Waals surface area contributed by atoms with Crippen molar-refractivity contribution in [2.75, 3.05) is 14.1 Å². The normalized spacial score (nSPS) is 31.6. The summed E-state index contributed by atoms with van der Waals surface area (Å²) < 4.78 is 0. The number of hydrogen-bond acceptors (Lipinski definition) is 3. The van der Waals surface area contributed by atoms with Crippen molar-refractivity contribution in [3.05, 3.63) is 30.1 Å². The van der Waals surface area contributed by atoms with E-state index in [9.17, 15) is 0 Å². The van der Waals surface area contributed by atoms with Gasteiger partial charge in [-0.05, 0) is 50.4 Å². The average Bonchev–Trinajstić information content (AvgIpc) is 2.38. The largest absolute Gasteiger partial charge is 0.315 e. The van der Waals surface area contributed by atoms with Gasteiger partial charge in [0, 0.05) is 31.0 Å². The molecule has 106 valence electrons. The molecule has 4 atom stereocenters. The van der Waals surface area contributed by atoms with Gasteiger partial charge in [0.05, 0.1) is 0 Å². The van der Waals surface area contributed by atoms with Gasteiger partial charge in [-0.1, -0.05) is 19.9 Å². The van der Waals surface area contributed by atoms with Crippen LogP contribution in [0.15, 0.2) is 24.5 Å². The number of rotatable bonds is 4. The van der Waals surface area contributed by atoms with Gasteiger partial charge < -0.3 is 5.32 Å². The minimum atomic E-state index is 0.598. The predicted molar refractivity (Wildman–Crippen MR) is 79.9 cm³/mol. The Hall–Kier alpha value is -0.930. The number of pyridine rings is 1. The van der Waals surface area contributed by atoms with E-state index in [0.29, 0.717) is 12.1 Å². The molecule has 1 fully saturated rings. The van der Waals surface area contributed by atoms with E-state index in [2.05, 4.69) is 49.2 Å². The molecule has 1 saturated carbocycles. The zero-order chi connectivity index (χ0) is 13.8. The van der Waals surface area contributed by atoms with Crippen LogP contribution in [0, 0.1) is 11.8 Å². The zero-order valence-corrected chi connectivity index (χ0v) is 12.6. The standard InChI is InChI=1S/C16H27N3/c1-12-8-13(2)16(15(9-12)17-3)19(4)11-14-6-5-7-18-10-14/h5-7,10,12-13,15-17H,8-9,11H2,1-4H3. The minimum Gasteiger partial charge on any atom is -0.315 e. The van der Waals surface area contributed by atoms with E-state index in [0.717, 1.165) is 18.4 Å². The molecule has 0 bridgehead atoms. The van der Waals surface area contributed by atoms with Crippen molar-refractivity contribution in [3.63, 3.8) is 0 Å². The highest BCUT2D eigenvalue weighted by atomic mass is 15.2. The molecule has 0 aliphatic heterocycles. The summed E-state index contributed by atoms with van der Waals surface area (Å²) in [5.41, 5.74) is 1.30. The van der Waals surface area contributed by atoms with Gasteiger partial charge in [0.15, 0.2) is 0 Å². The lowest BCUT2D eigenvalue weighted by molar-refractivity contribution is 0.0785. The van der Waals surface area contributed by atoms with Crippen LogP contribution in [-0.4, -0.2) is 36.1 Å². The maximum Gasteiger partial charge on any atom is 0.0312 e. The van der Waals surface area contributed by atoms with Crippen LogP contribution >= 0.6 is 0 Å². The van der Waals surface area contributed by atoms with E-state index in [1.165, 1.54) is 18.4 Å². The molecule has 1 aliphatic rings. The molecule has 3 heteroatoms. The van der Waals surface area contributed by atoms with Crippen molar-refractivity contribution < 1.29 is 0 Å². The third-order valence-corrected chi connectivity index (χ3v) is 4.46. The van der Waals surface area contributed by atoms with Gasteiger partial charge in [0.25, 0.3) is 0 Å². The Kier molecular flexibility index (Phi) is 4.94. The highest BCUT2D eigenvalue weighted by Gasteiger charge is 2.35. The van der Waals surface area contributed by atoms with Crippen molar-refractivity contribution in [3.8, 4) is 0 Å². The van der Waals surface area contributed by atoms with Gasteiger partial charge in [0.2, 0.25) is 0 Å². The highest BCUT2D eigenvalue weighted by molar-refractivity contribution is 5.09. The second-order valence-electron chi connectivity index (χ2n) is 6.22. The lowest BCUT2D eigenvalue weighted by Crippen LogP contribution is -2.54. The Morgan fingerprint density at radius 3 is 2.79 bits per heavy atom. The summed E-state index contributed by atoms with van der Waals surface area (Å²) in [6, 6.07) is 5.39. The Morgan fingerprint density at radius 1 is 1.37 bits per heavy atom. The van der Waals surface area contributed by atoms with Gasteiger partial charge in [-0.3, -0.25) is 9.88 Å². The first-order chi connectivity index (χ1) is 9.11. The van der Waals surface area contributed by atoms with Gasteiger partial charge in [-0.15, -0.1) is 0 Å². The van der Waals surface area contributed by atoms with Crippen molar-refractivity contribution in [2.24, 2.45) is 11.8 Å². The first-order valence-electron chi connectivity index (χ1n) is 7.38. The molecule has 1 N–H and O–H groups in total. The number of likely N-dealkylation sites (N-methyl/N-ethyl adjacent to an activating group) is 2. The molecule has 1 aromatic rings. The topological polar surface area (TPSA) is 28.2 Å². The Bertz CT molecular complexity index is 379. The second-order valence-corrected chi connectivity index (χ2v) is 6.22. The maximum absolute atomic E-state index is 4.21. The fraction of sp³-hybridized carbons (Fsp3) is 0.688. The summed E-state index contributed by atoms with van der Waals surface area (Å²) in [6.45, 7) is 5.75. The van der Waals surface area contributed by atoms with E-state index in [4.69, 9.17) is 0 Å². The first-order valence-corrected chi connectivity index (χ1v) is 7.38. The highest BCUT2D eigenvalue weighted by Crippen LogP contribution is 2.32. The molecule has 0 radical (unpaired) electrons. The van der Waals surface area contributed by atoms with Gasteiger partial charge in [0.1, 0.15) is 0 Å². The quantitative estimate of drug-likeness (QED) is 0.903. The number of aromatic nitrogens is 1. The molecule has 1 aromatic heterocycles. The summed E-state index contributed by atoms with van der Waals surface area (Å²) in [6.07, 6.45) is 6.43. The number of nitrogens with one attached hydrogen (secondary N) is 1. The van der Waals surface area contributed by atoms with Crippen LogP contribution in [-0.2, 0) is 6.54 Å². The monoisotopic (exact) mass is 261 g/mol. The van der Waals surface area contributed by atoms with Gasteiger partial charge >= 0.3 is 0 Å². The summed E-state index contributed by atoms with van der Waals surface area (Å²) in [5.74, 6) is 1.57. The van der Waals surface area contributed by atoms with Crippen LogP contribution in [0.25, 0.3) is 0 Å². The smallest absolute Gasteiger partial charge is 0.0312 e. The van der Waals surface area contributed by atoms with Crippen LogP contribution in [0.2, 0.25) is 0 Å². The molecular formula is C16H27N3. The van der Waals surface area contributed by atoms with E-state index in [1.807, 2.05) is 18.5 Å². The zero-order valence-electron chi connectivity index (χ0n) is 12.6. The molecule has 4 unspecified atom stereocenters. The molecule has 0 spiro atoms. The summed E-state index contributed by atoms with van der Waals surface area (Å²) >= 11 is 0. The fourth-order valence-corrected chi connectivity index (χ4v) is 3.76. The van der Waals surface area contributed by atoms with Crippen molar-refractivity contribution >= 4 is 0 Å². The second kappa shape index (κ2) is 6.49. The Balaban J connectivity index is 2.05. The molecule has 0 aromatic carbocycles. The van der Waals surface area contributed by atoms with E-state index < -0.39 is 0 Å². The molecule has 0 amide bonds. The van der Waals surface area contributed by atoms with Crippen LogP contribution < -0.4 is 5.32 Å². The average molecular weight is 261 g/mol. The summed E-state index contributed by atoms with van der Waals surface area (Å²) in [4.78, 5) is 6.71. The lowest BCUT2D eigenvalue weighted by Gasteiger charge is -2.44. The summed E-state index contributed by atoms with van der Waals surface area (Å²) in [5, 5.41) is 3.52. The molecule has 3 nitrogen and oxygen atoms in total. The summed E-state index contributed by atoms with van der Waals surface area (Å²) in [7, 11) is 4.34. The molecule has 19 heavy (non-hydrogen) atoms. The third kappa shape index (κ3) is 3.54. The first kappa shape index (κ1) is 14.5. The lowest BCUT2D eigenvalue weighted by atomic mass is 9.76. The van der Waals surface area contributed by atoms with Crippen LogP contribution in [0.4, 0.5) is 0 Å². The van der Waals surface area contributed by atoms with Crippen LogP contribution in [0.5, 0.6) is 0 Å². The SMILES string of the molecule is CNC1CC(C)CC(C)C1N(C)Cc1cccnc1. The van der Waals surface area contributed by atoms with Gasteiger partial charge in [-0.2, -0.15) is 0 Å². The molecular weight excluding hydrogens is 234 g/mol. The molecule has 0 saturated heterocycles. The van der Waals surface area contributed by atoms with Crippen LogP contribution in [0.1, 0.15) is 32.3 Å². The fourth-order valence-electron chi connectivity index (χ4n) is 3.76. The van der Waals surface area contributed by atoms with Crippen LogP contribution in [0.3, 0.4) is 0 Å². The van der Waals surface area contributed by atoms with E-state index in [-0.39, 0.29) is 0 Å². The number of hydrogen-bond donors (Lipinski definition) is 1. The maximum atomic E-state index is 4.21. The van der Waals surface area contributed by atoms with E-state index in [1.54, 1.807) is 0 Å². The Morgan fingerprint density at radius 2 is 2.16 bits per heavy atom. The minimum absolute atomic E-state index is 0.598. The Labute approximate surface area is 117 Å². The molecule has 1 aliphatic carbocycles.